The molecule has 0 aliphatic carbocycles. The maximum atomic E-state index is 11.8. The Labute approximate surface area is 113 Å². The third-order valence-electron chi connectivity index (χ3n) is 2.71. The van der Waals surface area contributed by atoms with Gasteiger partial charge in [0.1, 0.15) is 0 Å². The molecule has 1 aromatic heterocycles. The zero-order chi connectivity index (χ0) is 13.7. The van der Waals surface area contributed by atoms with Gasteiger partial charge in [0.15, 0.2) is 0 Å². The monoisotopic (exact) mass is 279 g/mol. The predicted molar refractivity (Wildman–Crippen MR) is 76.3 cm³/mol. The highest BCUT2D eigenvalue weighted by Gasteiger charge is 2.10. The van der Waals surface area contributed by atoms with Crippen LogP contribution in [0.2, 0.25) is 0 Å². The number of rotatable bonds is 6. The van der Waals surface area contributed by atoms with Gasteiger partial charge in [-0.2, -0.15) is 5.10 Å². The third kappa shape index (κ3) is 3.82. The number of hydrogen-bond acceptors (Lipinski definition) is 3. The van der Waals surface area contributed by atoms with E-state index in [0.717, 1.165) is 17.7 Å². The summed E-state index contributed by atoms with van der Waals surface area (Å²) in [5, 5.41) is 6.73. The van der Waals surface area contributed by atoms with Crippen LogP contribution < -0.4 is 4.72 Å². The molecular weight excluding hydrogens is 262 g/mol. The predicted octanol–water partition coefficient (Wildman–Crippen LogP) is 2.62. The van der Waals surface area contributed by atoms with E-state index in [0.29, 0.717) is 12.1 Å². The second-order valence-corrected chi connectivity index (χ2v) is 6.17. The van der Waals surface area contributed by atoms with Crippen molar-refractivity contribution in [3.8, 4) is 11.3 Å². The Bertz CT molecular complexity index is 621. The number of aromatic amines is 1. The zero-order valence-electron chi connectivity index (χ0n) is 10.8. The molecule has 0 amide bonds. The lowest BCUT2D eigenvalue weighted by atomic mass is 10.1. The molecule has 0 saturated carbocycles. The molecule has 0 saturated heterocycles. The standard InChI is InChI=1S/C13H17N3O2S/c1-2-3-9-19(17,18)16-12-6-4-5-11(10-12)13-7-8-14-15-13/h4-8,10,16H,2-3,9H2,1H3,(H,14,15). The van der Waals surface area contributed by atoms with E-state index in [-0.39, 0.29) is 5.75 Å². The molecule has 0 bridgehead atoms. The van der Waals surface area contributed by atoms with Gasteiger partial charge in [-0.25, -0.2) is 8.42 Å². The molecule has 0 unspecified atom stereocenters. The Kier molecular flexibility index (Phi) is 4.21. The zero-order valence-corrected chi connectivity index (χ0v) is 11.6. The summed E-state index contributed by atoms with van der Waals surface area (Å²) in [5.74, 6) is 0.151. The SMILES string of the molecule is CCCCS(=O)(=O)Nc1cccc(-c2ccn[nH]2)c1. The molecule has 2 N–H and O–H groups in total. The van der Waals surface area contributed by atoms with E-state index in [1.54, 1.807) is 18.3 Å². The Morgan fingerprint density at radius 1 is 1.32 bits per heavy atom. The minimum atomic E-state index is -3.26. The number of hydrogen-bond donors (Lipinski definition) is 2. The third-order valence-corrected chi connectivity index (χ3v) is 4.09. The number of aromatic nitrogens is 2. The van der Waals surface area contributed by atoms with Crippen LogP contribution in [0.3, 0.4) is 0 Å². The van der Waals surface area contributed by atoms with E-state index in [9.17, 15) is 8.42 Å². The van der Waals surface area contributed by atoms with Crippen LogP contribution in [-0.4, -0.2) is 24.4 Å². The molecule has 0 aliphatic heterocycles. The fraction of sp³-hybridized carbons (Fsp3) is 0.308. The van der Waals surface area contributed by atoms with Gasteiger partial charge in [-0.3, -0.25) is 9.82 Å². The van der Waals surface area contributed by atoms with Crippen LogP contribution in [0.5, 0.6) is 0 Å². The molecule has 2 rings (SSSR count). The fourth-order valence-electron chi connectivity index (χ4n) is 1.73. The Hall–Kier alpha value is -1.82. The van der Waals surface area contributed by atoms with E-state index in [1.807, 2.05) is 25.1 Å². The average Bonchev–Trinajstić information content (AvgIpc) is 2.90. The Morgan fingerprint density at radius 2 is 2.16 bits per heavy atom. The molecule has 19 heavy (non-hydrogen) atoms. The van der Waals surface area contributed by atoms with E-state index in [4.69, 9.17) is 0 Å². The van der Waals surface area contributed by atoms with Crippen molar-refractivity contribution in [2.75, 3.05) is 10.5 Å². The summed E-state index contributed by atoms with van der Waals surface area (Å²) in [7, 11) is -3.26. The van der Waals surface area contributed by atoms with Crippen molar-refractivity contribution in [2.45, 2.75) is 19.8 Å². The summed E-state index contributed by atoms with van der Waals surface area (Å²) in [5.41, 5.74) is 2.33. The molecule has 102 valence electrons. The van der Waals surface area contributed by atoms with Crippen molar-refractivity contribution in [1.82, 2.24) is 10.2 Å². The number of unbranched alkanes of at least 4 members (excludes halogenated alkanes) is 1. The van der Waals surface area contributed by atoms with Gasteiger partial charge in [0.05, 0.1) is 11.4 Å². The number of nitrogens with one attached hydrogen (secondary N) is 2. The fourth-order valence-corrected chi connectivity index (χ4v) is 2.99. The van der Waals surface area contributed by atoms with E-state index in [1.165, 1.54) is 0 Å². The van der Waals surface area contributed by atoms with Crippen molar-refractivity contribution >= 4 is 15.7 Å². The molecule has 0 aliphatic rings. The Balaban J connectivity index is 2.16. The van der Waals surface area contributed by atoms with Gasteiger partial charge in [-0.05, 0) is 24.6 Å². The smallest absolute Gasteiger partial charge is 0.232 e. The second kappa shape index (κ2) is 5.88. The summed E-state index contributed by atoms with van der Waals surface area (Å²) in [6.07, 6.45) is 3.18. The van der Waals surface area contributed by atoms with Gasteiger partial charge in [0, 0.05) is 17.4 Å². The maximum absolute atomic E-state index is 11.8. The van der Waals surface area contributed by atoms with E-state index < -0.39 is 10.0 Å². The van der Waals surface area contributed by atoms with Crippen LogP contribution in [0, 0.1) is 0 Å². The number of anilines is 1. The van der Waals surface area contributed by atoms with Crippen LogP contribution in [-0.2, 0) is 10.0 Å². The molecule has 2 aromatic rings. The van der Waals surface area contributed by atoms with Gasteiger partial charge in [-0.1, -0.05) is 25.5 Å². The summed E-state index contributed by atoms with van der Waals surface area (Å²) < 4.78 is 26.2. The van der Waals surface area contributed by atoms with Gasteiger partial charge in [-0.15, -0.1) is 0 Å². The van der Waals surface area contributed by atoms with Crippen LogP contribution in [0.4, 0.5) is 5.69 Å². The molecule has 1 aromatic carbocycles. The van der Waals surface area contributed by atoms with Crippen molar-refractivity contribution in [3.63, 3.8) is 0 Å². The lowest BCUT2D eigenvalue weighted by Crippen LogP contribution is -2.16. The lowest BCUT2D eigenvalue weighted by Gasteiger charge is -2.08. The molecule has 0 radical (unpaired) electrons. The highest BCUT2D eigenvalue weighted by atomic mass is 32.2. The molecule has 6 heteroatoms. The first kappa shape index (κ1) is 13.6. The summed E-state index contributed by atoms with van der Waals surface area (Å²) in [6.45, 7) is 1.97. The van der Waals surface area contributed by atoms with Gasteiger partial charge >= 0.3 is 0 Å². The van der Waals surface area contributed by atoms with Crippen LogP contribution in [0.15, 0.2) is 36.5 Å². The first-order chi connectivity index (χ1) is 9.11. The highest BCUT2D eigenvalue weighted by Crippen LogP contribution is 2.21. The van der Waals surface area contributed by atoms with Crippen molar-refractivity contribution < 1.29 is 8.42 Å². The average molecular weight is 279 g/mol. The van der Waals surface area contributed by atoms with Crippen molar-refractivity contribution in [3.05, 3.63) is 36.5 Å². The number of sulfonamides is 1. The molecule has 1 heterocycles. The largest absolute Gasteiger partial charge is 0.284 e. The van der Waals surface area contributed by atoms with Gasteiger partial charge in [0.25, 0.3) is 0 Å². The molecular formula is C13H17N3O2S. The van der Waals surface area contributed by atoms with Crippen LogP contribution in [0.25, 0.3) is 11.3 Å². The maximum Gasteiger partial charge on any atom is 0.232 e. The minimum Gasteiger partial charge on any atom is -0.284 e. The normalized spacial score (nSPS) is 11.4. The lowest BCUT2D eigenvalue weighted by molar-refractivity contribution is 0.598. The van der Waals surface area contributed by atoms with Crippen LogP contribution in [0.1, 0.15) is 19.8 Å². The number of nitrogens with zero attached hydrogens (tertiary/aromatic N) is 1. The highest BCUT2D eigenvalue weighted by molar-refractivity contribution is 7.92. The molecule has 5 nitrogen and oxygen atoms in total. The van der Waals surface area contributed by atoms with E-state index in [2.05, 4.69) is 14.9 Å². The van der Waals surface area contributed by atoms with Crippen molar-refractivity contribution in [1.29, 1.82) is 0 Å². The summed E-state index contributed by atoms with van der Waals surface area (Å²) in [4.78, 5) is 0. The summed E-state index contributed by atoms with van der Waals surface area (Å²) >= 11 is 0. The molecule has 0 spiro atoms. The van der Waals surface area contributed by atoms with Crippen molar-refractivity contribution in [2.24, 2.45) is 0 Å². The molecule has 0 fully saturated rings. The molecule has 0 atom stereocenters. The number of H-pyrrole nitrogens is 1. The quantitative estimate of drug-likeness (QED) is 0.853. The second-order valence-electron chi connectivity index (χ2n) is 4.33. The minimum absolute atomic E-state index is 0.151. The Morgan fingerprint density at radius 3 is 2.84 bits per heavy atom. The van der Waals surface area contributed by atoms with Gasteiger partial charge < -0.3 is 0 Å². The van der Waals surface area contributed by atoms with E-state index >= 15 is 0 Å². The van der Waals surface area contributed by atoms with Crippen LogP contribution >= 0.6 is 0 Å². The first-order valence-corrected chi connectivity index (χ1v) is 7.86. The summed E-state index contributed by atoms with van der Waals surface area (Å²) in [6, 6.07) is 9.08. The number of benzene rings is 1. The van der Waals surface area contributed by atoms with Gasteiger partial charge in [0.2, 0.25) is 10.0 Å². The topological polar surface area (TPSA) is 74.8 Å². The first-order valence-electron chi connectivity index (χ1n) is 6.21.